The molecule has 1 aliphatic heterocycles. The van der Waals surface area contributed by atoms with E-state index >= 15 is 0 Å². The number of nitrogens with zero attached hydrogens (tertiary/aromatic N) is 1. The third kappa shape index (κ3) is 2.70. The van der Waals surface area contributed by atoms with Gasteiger partial charge in [0, 0.05) is 11.9 Å². The van der Waals surface area contributed by atoms with Gasteiger partial charge in [-0.05, 0) is 37.3 Å². The average molecular weight is 336 g/mol. The predicted molar refractivity (Wildman–Crippen MR) is 81.9 cm³/mol. The van der Waals surface area contributed by atoms with Crippen LogP contribution in [-0.4, -0.2) is 22.4 Å². The van der Waals surface area contributed by atoms with Gasteiger partial charge in [0.05, 0.1) is 5.02 Å². The molecule has 1 aromatic carbocycles. The molecule has 8 heteroatoms. The number of hydrogen-bond acceptors (Lipinski definition) is 4. The monoisotopic (exact) mass is 335 g/mol. The van der Waals surface area contributed by atoms with Gasteiger partial charge in [-0.1, -0.05) is 11.6 Å². The molecule has 0 bridgehead atoms. The summed E-state index contributed by atoms with van der Waals surface area (Å²) in [6.45, 7) is 1.33. The number of anilines is 2. The molecule has 2 amide bonds. The number of hydrogen-bond donors (Lipinski definition) is 2. The zero-order valence-corrected chi connectivity index (χ0v) is 12.6. The minimum atomic E-state index is -1.79. The highest BCUT2D eigenvalue weighted by Crippen LogP contribution is 2.32. The summed E-state index contributed by atoms with van der Waals surface area (Å²) in [4.78, 5) is 28.6. The van der Waals surface area contributed by atoms with E-state index in [4.69, 9.17) is 16.3 Å². The maximum Gasteiger partial charge on any atom is 0.279 e. The van der Waals surface area contributed by atoms with E-state index in [0.717, 1.165) is 6.07 Å². The molecule has 0 spiro atoms. The van der Waals surface area contributed by atoms with Crippen LogP contribution in [0.2, 0.25) is 5.02 Å². The van der Waals surface area contributed by atoms with Crippen molar-refractivity contribution in [3.63, 3.8) is 0 Å². The third-order valence-electron chi connectivity index (χ3n) is 3.36. The van der Waals surface area contributed by atoms with Crippen molar-refractivity contribution in [3.8, 4) is 5.75 Å². The van der Waals surface area contributed by atoms with Crippen LogP contribution in [0.25, 0.3) is 0 Å². The Kier molecular flexibility index (Phi) is 3.65. The zero-order valence-electron chi connectivity index (χ0n) is 11.9. The molecule has 0 radical (unpaired) electrons. The molecule has 0 aliphatic carbocycles. The summed E-state index contributed by atoms with van der Waals surface area (Å²) in [6.07, 6.45) is 1.49. The first-order chi connectivity index (χ1) is 10.9. The number of rotatable bonds is 2. The largest absolute Gasteiger partial charge is 0.464 e. The van der Waals surface area contributed by atoms with Crippen molar-refractivity contribution >= 4 is 34.9 Å². The first kappa shape index (κ1) is 15.2. The van der Waals surface area contributed by atoms with Crippen LogP contribution in [0.15, 0.2) is 36.5 Å². The van der Waals surface area contributed by atoms with E-state index in [2.05, 4.69) is 15.6 Å². The molecule has 118 valence electrons. The Morgan fingerprint density at radius 2 is 2.22 bits per heavy atom. The molecule has 0 saturated carbocycles. The second-order valence-electron chi connectivity index (χ2n) is 5.02. The number of nitrogens with one attached hydrogen (secondary N) is 2. The number of fused-ring (bicyclic) bond motifs is 1. The van der Waals surface area contributed by atoms with Gasteiger partial charge in [-0.15, -0.1) is 0 Å². The molecule has 1 aromatic heterocycles. The lowest BCUT2D eigenvalue weighted by Gasteiger charge is -2.32. The third-order valence-corrected chi connectivity index (χ3v) is 3.65. The van der Waals surface area contributed by atoms with Crippen LogP contribution in [0.4, 0.5) is 15.9 Å². The molecule has 1 atom stereocenters. The average Bonchev–Trinajstić information content (AvgIpc) is 2.52. The summed E-state index contributed by atoms with van der Waals surface area (Å²) in [5, 5.41) is 4.86. The standard InChI is InChI=1S/C15H11ClFN3O3/c1-15(13(21)19-8-4-5-10(17)9(16)7-8)14(22)20-12-11(23-15)3-2-6-18-12/h2-7H,1H3,(H,19,21)(H,18,20,22). The molecular formula is C15H11ClFN3O3. The lowest BCUT2D eigenvalue weighted by Crippen LogP contribution is -2.56. The van der Waals surface area contributed by atoms with Gasteiger partial charge >= 0.3 is 0 Å². The van der Waals surface area contributed by atoms with Crippen LogP contribution >= 0.6 is 11.6 Å². The zero-order chi connectivity index (χ0) is 16.6. The number of carbonyl (C=O) groups excluding carboxylic acids is 2. The Morgan fingerprint density at radius 3 is 2.96 bits per heavy atom. The first-order valence-electron chi connectivity index (χ1n) is 6.62. The topological polar surface area (TPSA) is 80.3 Å². The number of carbonyl (C=O) groups is 2. The maximum atomic E-state index is 13.2. The second-order valence-corrected chi connectivity index (χ2v) is 5.43. The number of halogens is 2. The Balaban J connectivity index is 1.86. The Hall–Kier alpha value is -2.67. The first-order valence-corrected chi connectivity index (χ1v) is 7.00. The molecular weight excluding hydrogens is 325 g/mol. The van der Waals surface area contributed by atoms with Crippen LogP contribution in [0.1, 0.15) is 6.92 Å². The van der Waals surface area contributed by atoms with E-state index in [1.807, 2.05) is 0 Å². The fraction of sp³-hybridized carbons (Fsp3) is 0.133. The Bertz CT molecular complexity index is 814. The quantitative estimate of drug-likeness (QED) is 0.827. The molecule has 23 heavy (non-hydrogen) atoms. The fourth-order valence-electron chi connectivity index (χ4n) is 2.03. The molecule has 0 fully saturated rings. The lowest BCUT2D eigenvalue weighted by molar-refractivity contribution is -0.143. The molecule has 3 rings (SSSR count). The van der Waals surface area contributed by atoms with E-state index in [1.165, 1.54) is 25.3 Å². The highest BCUT2D eigenvalue weighted by atomic mass is 35.5. The van der Waals surface area contributed by atoms with Gasteiger partial charge < -0.3 is 15.4 Å². The van der Waals surface area contributed by atoms with E-state index in [1.54, 1.807) is 12.1 Å². The predicted octanol–water partition coefficient (Wildman–Crippen LogP) is 2.60. The molecule has 2 heterocycles. The van der Waals surface area contributed by atoms with Gasteiger partial charge in [0.1, 0.15) is 5.82 Å². The van der Waals surface area contributed by atoms with Crippen molar-refractivity contribution < 1.29 is 18.7 Å². The highest BCUT2D eigenvalue weighted by Gasteiger charge is 2.47. The molecule has 0 saturated heterocycles. The van der Waals surface area contributed by atoms with Crippen LogP contribution in [-0.2, 0) is 9.59 Å². The molecule has 1 unspecified atom stereocenters. The van der Waals surface area contributed by atoms with Crippen molar-refractivity contribution in [2.24, 2.45) is 0 Å². The summed E-state index contributed by atoms with van der Waals surface area (Å²) in [5.41, 5.74) is -1.55. The van der Waals surface area contributed by atoms with Crippen LogP contribution in [0.5, 0.6) is 5.75 Å². The fourth-order valence-corrected chi connectivity index (χ4v) is 2.21. The number of pyridine rings is 1. The minimum absolute atomic E-state index is 0.142. The van der Waals surface area contributed by atoms with E-state index in [0.29, 0.717) is 0 Å². The van der Waals surface area contributed by atoms with Crippen LogP contribution in [0, 0.1) is 5.82 Å². The normalized spacial score (nSPS) is 19.3. The second kappa shape index (κ2) is 5.51. The van der Waals surface area contributed by atoms with Gasteiger partial charge in [0.15, 0.2) is 11.6 Å². The number of benzene rings is 1. The SMILES string of the molecule is CC1(C(=O)Nc2ccc(F)c(Cl)c2)Oc2cccnc2NC1=O. The maximum absolute atomic E-state index is 13.2. The number of ether oxygens (including phenoxy) is 1. The lowest BCUT2D eigenvalue weighted by atomic mass is 10.0. The van der Waals surface area contributed by atoms with Crippen molar-refractivity contribution in [3.05, 3.63) is 47.4 Å². The van der Waals surface area contributed by atoms with E-state index in [-0.39, 0.29) is 22.3 Å². The van der Waals surface area contributed by atoms with Gasteiger partial charge in [-0.2, -0.15) is 0 Å². The summed E-state index contributed by atoms with van der Waals surface area (Å²) < 4.78 is 18.7. The molecule has 6 nitrogen and oxygen atoms in total. The number of aromatic nitrogens is 1. The summed E-state index contributed by atoms with van der Waals surface area (Å²) in [6, 6.07) is 6.89. The van der Waals surface area contributed by atoms with Crippen molar-refractivity contribution in [2.45, 2.75) is 12.5 Å². The Morgan fingerprint density at radius 1 is 1.43 bits per heavy atom. The van der Waals surface area contributed by atoms with E-state index < -0.39 is 23.2 Å². The van der Waals surface area contributed by atoms with Gasteiger partial charge in [0.25, 0.3) is 17.4 Å². The smallest absolute Gasteiger partial charge is 0.279 e. The minimum Gasteiger partial charge on any atom is -0.464 e. The van der Waals surface area contributed by atoms with Gasteiger partial charge in [-0.3, -0.25) is 9.59 Å². The van der Waals surface area contributed by atoms with Crippen molar-refractivity contribution in [1.29, 1.82) is 0 Å². The highest BCUT2D eigenvalue weighted by molar-refractivity contribution is 6.31. The van der Waals surface area contributed by atoms with Crippen molar-refractivity contribution in [2.75, 3.05) is 10.6 Å². The molecule has 2 N–H and O–H groups in total. The van der Waals surface area contributed by atoms with Crippen LogP contribution < -0.4 is 15.4 Å². The summed E-state index contributed by atoms with van der Waals surface area (Å²) >= 11 is 5.67. The van der Waals surface area contributed by atoms with E-state index in [9.17, 15) is 14.0 Å². The summed E-state index contributed by atoms with van der Waals surface area (Å²) in [7, 11) is 0. The van der Waals surface area contributed by atoms with Crippen LogP contribution in [0.3, 0.4) is 0 Å². The molecule has 2 aromatic rings. The Labute approximate surface area is 135 Å². The van der Waals surface area contributed by atoms with Gasteiger partial charge in [0.2, 0.25) is 0 Å². The summed E-state index contributed by atoms with van der Waals surface area (Å²) in [5.74, 6) is -1.46. The number of amides is 2. The van der Waals surface area contributed by atoms with Gasteiger partial charge in [-0.25, -0.2) is 9.37 Å². The molecule has 1 aliphatic rings. The van der Waals surface area contributed by atoms with Crippen molar-refractivity contribution in [1.82, 2.24) is 4.98 Å².